The highest BCUT2D eigenvalue weighted by Crippen LogP contribution is 2.25. The van der Waals surface area contributed by atoms with Crippen LogP contribution in [0.5, 0.6) is 0 Å². The summed E-state index contributed by atoms with van der Waals surface area (Å²) < 4.78 is 5.37. The van der Waals surface area contributed by atoms with Gasteiger partial charge in [-0.25, -0.2) is 0 Å². The van der Waals surface area contributed by atoms with Crippen molar-refractivity contribution in [3.63, 3.8) is 0 Å². The highest BCUT2D eigenvalue weighted by molar-refractivity contribution is 5.69. The molecule has 3 nitrogen and oxygen atoms in total. The fraction of sp³-hybridized carbons (Fsp3) is 0.500. The van der Waals surface area contributed by atoms with Gasteiger partial charge in [0, 0.05) is 31.9 Å². The predicted octanol–water partition coefficient (Wildman–Crippen LogP) is 2.04. The fourth-order valence-electron chi connectivity index (χ4n) is 2.67. The lowest BCUT2D eigenvalue weighted by molar-refractivity contribution is 0.161. The lowest BCUT2D eigenvalue weighted by Gasteiger charge is -2.34. The Hall–Kier alpha value is -1.32. The molecule has 1 aromatic carbocycles. The van der Waals surface area contributed by atoms with Crippen LogP contribution in [-0.2, 0) is 4.74 Å². The molecule has 2 heterocycles. The molecule has 0 unspecified atom stereocenters. The van der Waals surface area contributed by atoms with Gasteiger partial charge in [-0.3, -0.25) is 0 Å². The Morgan fingerprint density at radius 1 is 1.21 bits per heavy atom. The van der Waals surface area contributed by atoms with E-state index in [1.54, 1.807) is 0 Å². The maximum absolute atomic E-state index is 5.37. The Kier molecular flexibility index (Phi) is 3.85. The molecule has 0 bridgehead atoms. The smallest absolute Gasteiger partial charge is 0.0653 e. The summed E-state index contributed by atoms with van der Waals surface area (Å²) in [5.74, 6) is 0. The van der Waals surface area contributed by atoms with E-state index in [1.165, 1.54) is 16.8 Å². The van der Waals surface area contributed by atoms with Crippen LogP contribution in [0, 0.1) is 6.07 Å². The molecule has 0 spiro atoms. The zero-order valence-corrected chi connectivity index (χ0v) is 11.6. The van der Waals surface area contributed by atoms with Crippen LogP contribution in [0.1, 0.15) is 12.0 Å². The minimum absolute atomic E-state index is 0.738. The average molecular weight is 257 g/mol. The number of ether oxygens (including phenoxy) is 1. The number of benzene rings is 1. The Morgan fingerprint density at radius 3 is 2.79 bits per heavy atom. The molecule has 2 aliphatic heterocycles. The largest absolute Gasteiger partial charge is 0.377 e. The van der Waals surface area contributed by atoms with Crippen molar-refractivity contribution >= 4 is 11.3 Å². The van der Waals surface area contributed by atoms with Gasteiger partial charge < -0.3 is 14.5 Å². The molecule has 3 rings (SSSR count). The van der Waals surface area contributed by atoms with Gasteiger partial charge in [0.05, 0.1) is 13.2 Å². The third kappa shape index (κ3) is 2.99. The van der Waals surface area contributed by atoms with Gasteiger partial charge in [-0.05, 0) is 42.8 Å². The van der Waals surface area contributed by atoms with Crippen LogP contribution >= 0.6 is 0 Å². The molecular weight excluding hydrogens is 236 g/mol. The van der Waals surface area contributed by atoms with E-state index in [9.17, 15) is 0 Å². The number of hydrogen-bond acceptors (Lipinski definition) is 3. The monoisotopic (exact) mass is 257 g/mol. The lowest BCUT2D eigenvalue weighted by atomic mass is 10.0. The molecule has 2 aliphatic rings. The van der Waals surface area contributed by atoms with Crippen molar-refractivity contribution < 1.29 is 4.74 Å². The third-order valence-electron chi connectivity index (χ3n) is 3.96. The number of hydrogen-bond donors (Lipinski definition) is 0. The molecule has 19 heavy (non-hydrogen) atoms. The minimum atomic E-state index is 0.738. The van der Waals surface area contributed by atoms with Crippen LogP contribution in [0.2, 0.25) is 0 Å². The van der Waals surface area contributed by atoms with Crippen LogP contribution in [-0.4, -0.2) is 51.3 Å². The second-order valence-corrected chi connectivity index (χ2v) is 5.31. The van der Waals surface area contributed by atoms with Gasteiger partial charge in [-0.2, -0.15) is 0 Å². The molecule has 1 aromatic rings. The summed E-state index contributed by atoms with van der Waals surface area (Å²) in [5.41, 5.74) is 3.94. The van der Waals surface area contributed by atoms with Gasteiger partial charge >= 0.3 is 0 Å². The third-order valence-corrected chi connectivity index (χ3v) is 3.96. The van der Waals surface area contributed by atoms with E-state index in [1.807, 2.05) is 0 Å². The van der Waals surface area contributed by atoms with Crippen molar-refractivity contribution in [2.45, 2.75) is 6.42 Å². The Morgan fingerprint density at radius 2 is 2.05 bits per heavy atom. The highest BCUT2D eigenvalue weighted by atomic mass is 16.5. The van der Waals surface area contributed by atoms with Gasteiger partial charge in [0.25, 0.3) is 0 Å². The first-order valence-corrected chi connectivity index (χ1v) is 7.05. The molecule has 1 radical (unpaired) electrons. The van der Waals surface area contributed by atoms with E-state index in [0.29, 0.717) is 0 Å². The van der Waals surface area contributed by atoms with Crippen molar-refractivity contribution in [3.8, 4) is 0 Å². The normalized spacial score (nSPS) is 21.3. The number of piperazine rings is 1. The molecule has 0 aromatic heterocycles. The predicted molar refractivity (Wildman–Crippen MR) is 78.4 cm³/mol. The van der Waals surface area contributed by atoms with E-state index >= 15 is 0 Å². The number of anilines is 1. The molecular formula is C16H21N2O. The minimum Gasteiger partial charge on any atom is -0.377 e. The van der Waals surface area contributed by atoms with E-state index < -0.39 is 0 Å². The van der Waals surface area contributed by atoms with E-state index in [2.05, 4.69) is 47.2 Å². The van der Waals surface area contributed by atoms with Gasteiger partial charge in [0.15, 0.2) is 0 Å². The first-order valence-electron chi connectivity index (χ1n) is 7.05. The van der Waals surface area contributed by atoms with Crippen LogP contribution < -0.4 is 4.90 Å². The molecule has 0 atom stereocenters. The molecule has 101 valence electrons. The standard InChI is InChI=1S/C16H21N2O/c1-17-7-9-18(10-8-17)16-4-2-3-15(13-16)14-5-11-19-12-6-14/h2,4-5,13H,6-12H2,1H3. The van der Waals surface area contributed by atoms with Crippen molar-refractivity contribution in [1.82, 2.24) is 4.90 Å². The average Bonchev–Trinajstić information content (AvgIpc) is 2.49. The van der Waals surface area contributed by atoms with Gasteiger partial charge in [-0.15, -0.1) is 0 Å². The van der Waals surface area contributed by atoms with E-state index in [4.69, 9.17) is 4.74 Å². The van der Waals surface area contributed by atoms with Crippen molar-refractivity contribution in [3.05, 3.63) is 35.9 Å². The topological polar surface area (TPSA) is 15.7 Å². The van der Waals surface area contributed by atoms with Gasteiger partial charge in [0.2, 0.25) is 0 Å². The second-order valence-electron chi connectivity index (χ2n) is 5.31. The summed E-state index contributed by atoms with van der Waals surface area (Å²) in [6.07, 6.45) is 3.19. The molecule has 1 fully saturated rings. The summed E-state index contributed by atoms with van der Waals surface area (Å²) in [6, 6.07) is 9.88. The SMILES string of the molecule is CN1CCN(c2cc[c]c(C3=CCOCC3)c2)CC1. The Balaban J connectivity index is 1.78. The van der Waals surface area contributed by atoms with Crippen molar-refractivity contribution in [2.75, 3.05) is 51.3 Å². The number of likely N-dealkylation sites (N-methyl/N-ethyl adjacent to an activating group) is 1. The zero-order chi connectivity index (χ0) is 13.1. The second kappa shape index (κ2) is 5.76. The maximum atomic E-state index is 5.37. The summed E-state index contributed by atoms with van der Waals surface area (Å²) in [4.78, 5) is 4.85. The molecule has 0 amide bonds. The van der Waals surface area contributed by atoms with Crippen LogP contribution in [0.25, 0.3) is 5.57 Å². The number of rotatable bonds is 2. The van der Waals surface area contributed by atoms with Crippen molar-refractivity contribution in [1.29, 1.82) is 0 Å². The first kappa shape index (κ1) is 12.7. The molecule has 0 N–H and O–H groups in total. The fourth-order valence-corrected chi connectivity index (χ4v) is 2.67. The maximum Gasteiger partial charge on any atom is 0.0653 e. The molecule has 0 aliphatic carbocycles. The van der Waals surface area contributed by atoms with Crippen molar-refractivity contribution in [2.24, 2.45) is 0 Å². The molecule has 0 saturated carbocycles. The van der Waals surface area contributed by atoms with Crippen LogP contribution in [0.15, 0.2) is 24.3 Å². The quantitative estimate of drug-likeness (QED) is 0.806. The summed E-state index contributed by atoms with van der Waals surface area (Å²) in [6.45, 7) is 6.08. The highest BCUT2D eigenvalue weighted by Gasteiger charge is 2.15. The van der Waals surface area contributed by atoms with Crippen LogP contribution in [0.3, 0.4) is 0 Å². The Labute approximate surface area is 115 Å². The van der Waals surface area contributed by atoms with Crippen LogP contribution in [0.4, 0.5) is 5.69 Å². The van der Waals surface area contributed by atoms with E-state index in [-0.39, 0.29) is 0 Å². The summed E-state index contributed by atoms with van der Waals surface area (Å²) in [7, 11) is 2.19. The first-order chi connectivity index (χ1) is 9.33. The van der Waals surface area contributed by atoms with E-state index in [0.717, 1.165) is 45.8 Å². The van der Waals surface area contributed by atoms with Gasteiger partial charge in [-0.1, -0.05) is 12.1 Å². The summed E-state index contributed by atoms with van der Waals surface area (Å²) >= 11 is 0. The summed E-state index contributed by atoms with van der Waals surface area (Å²) in [5, 5.41) is 0. The molecule has 3 heteroatoms. The lowest BCUT2D eigenvalue weighted by Crippen LogP contribution is -2.44. The number of nitrogens with zero attached hydrogens (tertiary/aromatic N) is 2. The van der Waals surface area contributed by atoms with Gasteiger partial charge in [0.1, 0.15) is 0 Å². The molecule has 1 saturated heterocycles. The Bertz CT molecular complexity index is 462. The zero-order valence-electron chi connectivity index (χ0n) is 11.6.